The predicted molar refractivity (Wildman–Crippen MR) is 67.0 cm³/mol. The van der Waals surface area contributed by atoms with E-state index in [1.165, 1.54) is 5.56 Å². The fraction of sp³-hybridized carbons (Fsp3) is 0.538. The summed E-state index contributed by atoms with van der Waals surface area (Å²) < 4.78 is 5.89. The molecule has 1 aliphatic rings. The monoisotopic (exact) mass is 220 g/mol. The average molecular weight is 220 g/mol. The van der Waals surface area contributed by atoms with Crippen LogP contribution >= 0.6 is 0 Å². The van der Waals surface area contributed by atoms with E-state index in [0.717, 1.165) is 24.4 Å². The minimum absolute atomic E-state index is 0.129. The zero-order valence-electron chi connectivity index (χ0n) is 10.2. The molecule has 0 amide bonds. The van der Waals surface area contributed by atoms with Gasteiger partial charge in [-0.05, 0) is 44.9 Å². The van der Waals surface area contributed by atoms with Gasteiger partial charge in [-0.2, -0.15) is 0 Å². The van der Waals surface area contributed by atoms with Gasteiger partial charge in [-0.1, -0.05) is 6.07 Å². The number of hydrogen-bond acceptors (Lipinski definition) is 3. The highest BCUT2D eigenvalue weighted by molar-refractivity contribution is 5.60. The maximum atomic E-state index is 5.89. The van der Waals surface area contributed by atoms with Crippen molar-refractivity contribution in [2.75, 3.05) is 11.9 Å². The molecule has 1 unspecified atom stereocenters. The van der Waals surface area contributed by atoms with Gasteiger partial charge in [0.2, 0.25) is 0 Å². The van der Waals surface area contributed by atoms with Gasteiger partial charge in [-0.3, -0.25) is 0 Å². The number of fused-ring (bicyclic) bond motifs is 1. The van der Waals surface area contributed by atoms with Gasteiger partial charge in [0.15, 0.2) is 0 Å². The third-order valence-electron chi connectivity index (χ3n) is 2.69. The minimum Gasteiger partial charge on any atom is -0.484 e. The lowest BCUT2D eigenvalue weighted by Gasteiger charge is -2.33. The Morgan fingerprint density at radius 1 is 1.50 bits per heavy atom. The molecule has 1 aromatic carbocycles. The first kappa shape index (κ1) is 11.3. The molecule has 0 fully saturated rings. The van der Waals surface area contributed by atoms with Crippen LogP contribution in [0.5, 0.6) is 5.75 Å². The van der Waals surface area contributed by atoms with Gasteiger partial charge in [-0.25, -0.2) is 0 Å². The summed E-state index contributed by atoms with van der Waals surface area (Å²) in [6.07, 6.45) is 0.901. The molecule has 0 saturated heterocycles. The van der Waals surface area contributed by atoms with Crippen LogP contribution < -0.4 is 15.8 Å². The lowest BCUT2D eigenvalue weighted by atomic mass is 10.0. The fourth-order valence-electron chi connectivity index (χ4n) is 1.94. The average Bonchev–Trinajstić information content (AvgIpc) is 2.16. The van der Waals surface area contributed by atoms with Gasteiger partial charge in [-0.15, -0.1) is 0 Å². The standard InChI is InChI=1S/C13H20N2O/c1-9(14)6-10-4-5-12-11(7-10)15-8-13(2,3)16-12/h4-5,7,9,15H,6,8,14H2,1-3H3. The number of nitrogens with one attached hydrogen (secondary N) is 1. The highest BCUT2D eigenvalue weighted by Gasteiger charge is 2.26. The summed E-state index contributed by atoms with van der Waals surface area (Å²) in [4.78, 5) is 0. The Hall–Kier alpha value is -1.22. The second kappa shape index (κ2) is 3.98. The van der Waals surface area contributed by atoms with Gasteiger partial charge in [0.25, 0.3) is 0 Å². The van der Waals surface area contributed by atoms with E-state index in [1.807, 2.05) is 13.0 Å². The zero-order chi connectivity index (χ0) is 11.8. The summed E-state index contributed by atoms with van der Waals surface area (Å²) in [6, 6.07) is 6.44. The maximum absolute atomic E-state index is 5.89. The van der Waals surface area contributed by atoms with Gasteiger partial charge in [0.1, 0.15) is 11.4 Å². The van der Waals surface area contributed by atoms with E-state index < -0.39 is 0 Å². The molecule has 1 aromatic rings. The van der Waals surface area contributed by atoms with Crippen molar-refractivity contribution >= 4 is 5.69 Å². The molecule has 16 heavy (non-hydrogen) atoms. The number of benzene rings is 1. The van der Waals surface area contributed by atoms with Gasteiger partial charge in [0.05, 0.1) is 12.2 Å². The molecule has 3 nitrogen and oxygen atoms in total. The van der Waals surface area contributed by atoms with Crippen LogP contribution in [-0.4, -0.2) is 18.2 Å². The largest absolute Gasteiger partial charge is 0.484 e. The quantitative estimate of drug-likeness (QED) is 0.803. The molecular weight excluding hydrogens is 200 g/mol. The van der Waals surface area contributed by atoms with Crippen LogP contribution in [0.4, 0.5) is 5.69 Å². The van der Waals surface area contributed by atoms with Gasteiger partial charge >= 0.3 is 0 Å². The molecule has 1 aliphatic heterocycles. The van der Waals surface area contributed by atoms with E-state index >= 15 is 0 Å². The van der Waals surface area contributed by atoms with Crippen molar-refractivity contribution in [1.29, 1.82) is 0 Å². The molecule has 3 heteroatoms. The van der Waals surface area contributed by atoms with E-state index in [0.29, 0.717) is 0 Å². The summed E-state index contributed by atoms with van der Waals surface area (Å²) >= 11 is 0. The number of rotatable bonds is 2. The van der Waals surface area contributed by atoms with Crippen LogP contribution in [0.25, 0.3) is 0 Å². The lowest BCUT2D eigenvalue weighted by Crippen LogP contribution is -2.40. The van der Waals surface area contributed by atoms with E-state index in [4.69, 9.17) is 10.5 Å². The van der Waals surface area contributed by atoms with Crippen LogP contribution in [0.1, 0.15) is 26.3 Å². The number of nitrogens with two attached hydrogens (primary N) is 1. The van der Waals surface area contributed by atoms with E-state index in [9.17, 15) is 0 Å². The summed E-state index contributed by atoms with van der Waals surface area (Å²) in [6.45, 7) is 7.02. The Kier molecular flexibility index (Phi) is 2.80. The lowest BCUT2D eigenvalue weighted by molar-refractivity contribution is 0.116. The Morgan fingerprint density at radius 2 is 2.25 bits per heavy atom. The maximum Gasteiger partial charge on any atom is 0.143 e. The highest BCUT2D eigenvalue weighted by atomic mass is 16.5. The molecule has 3 N–H and O–H groups in total. The van der Waals surface area contributed by atoms with Crippen molar-refractivity contribution in [3.8, 4) is 5.75 Å². The van der Waals surface area contributed by atoms with Crippen molar-refractivity contribution in [2.24, 2.45) is 5.73 Å². The summed E-state index contributed by atoms with van der Waals surface area (Å²) in [5, 5.41) is 3.40. The molecule has 88 valence electrons. The SMILES string of the molecule is CC(N)Cc1ccc2c(c1)NCC(C)(C)O2. The minimum atomic E-state index is -0.129. The molecule has 0 radical (unpaired) electrons. The highest BCUT2D eigenvalue weighted by Crippen LogP contribution is 2.33. The molecule has 0 aliphatic carbocycles. The molecule has 0 saturated carbocycles. The second-order valence-corrected chi connectivity index (χ2v) is 5.23. The molecule has 2 rings (SSSR count). The van der Waals surface area contributed by atoms with E-state index in [1.54, 1.807) is 0 Å². The topological polar surface area (TPSA) is 47.3 Å². The summed E-state index contributed by atoms with van der Waals surface area (Å²) in [7, 11) is 0. The van der Waals surface area contributed by atoms with E-state index in [2.05, 4.69) is 31.3 Å². The molecule has 1 heterocycles. The molecule has 0 bridgehead atoms. The van der Waals surface area contributed by atoms with Crippen molar-refractivity contribution in [1.82, 2.24) is 0 Å². The van der Waals surface area contributed by atoms with Crippen LogP contribution in [0.3, 0.4) is 0 Å². The number of ether oxygens (including phenoxy) is 1. The molecule has 0 spiro atoms. The molecular formula is C13H20N2O. The molecule has 0 aromatic heterocycles. The third kappa shape index (κ3) is 2.47. The van der Waals surface area contributed by atoms with Crippen molar-refractivity contribution < 1.29 is 4.74 Å². The Morgan fingerprint density at radius 3 is 2.94 bits per heavy atom. The van der Waals surface area contributed by atoms with Crippen molar-refractivity contribution in [3.05, 3.63) is 23.8 Å². The fourth-order valence-corrected chi connectivity index (χ4v) is 1.94. The summed E-state index contributed by atoms with van der Waals surface area (Å²) in [5.41, 5.74) is 8.00. The number of hydrogen-bond donors (Lipinski definition) is 2. The summed E-state index contributed by atoms with van der Waals surface area (Å²) in [5.74, 6) is 0.935. The first-order valence-electron chi connectivity index (χ1n) is 5.78. The van der Waals surface area contributed by atoms with Crippen LogP contribution in [0.2, 0.25) is 0 Å². The second-order valence-electron chi connectivity index (χ2n) is 5.23. The Bertz CT molecular complexity index is 386. The van der Waals surface area contributed by atoms with Crippen LogP contribution in [0, 0.1) is 0 Å². The first-order chi connectivity index (χ1) is 7.46. The van der Waals surface area contributed by atoms with E-state index in [-0.39, 0.29) is 11.6 Å². The number of anilines is 1. The van der Waals surface area contributed by atoms with Crippen LogP contribution in [-0.2, 0) is 6.42 Å². The smallest absolute Gasteiger partial charge is 0.143 e. The van der Waals surface area contributed by atoms with Crippen molar-refractivity contribution in [2.45, 2.75) is 38.8 Å². The predicted octanol–water partition coefficient (Wildman–Crippen LogP) is 2.16. The zero-order valence-corrected chi connectivity index (χ0v) is 10.2. The van der Waals surface area contributed by atoms with Crippen LogP contribution in [0.15, 0.2) is 18.2 Å². The third-order valence-corrected chi connectivity index (χ3v) is 2.69. The normalized spacial score (nSPS) is 19.2. The van der Waals surface area contributed by atoms with Crippen molar-refractivity contribution in [3.63, 3.8) is 0 Å². The van der Waals surface area contributed by atoms with Gasteiger partial charge < -0.3 is 15.8 Å². The first-order valence-corrected chi connectivity index (χ1v) is 5.78. The Labute approximate surface area is 97.0 Å². The Balaban J connectivity index is 2.21. The molecule has 1 atom stereocenters. The van der Waals surface area contributed by atoms with Gasteiger partial charge in [0, 0.05) is 6.04 Å².